The van der Waals surface area contributed by atoms with Crippen molar-refractivity contribution in [2.45, 2.75) is 4.90 Å². The van der Waals surface area contributed by atoms with E-state index < -0.39 is 27.6 Å². The lowest BCUT2D eigenvalue weighted by atomic mass is 10.2. The zero-order chi connectivity index (χ0) is 20.3. The van der Waals surface area contributed by atoms with Crippen LogP contribution >= 0.6 is 11.6 Å². The second-order valence-corrected chi connectivity index (χ2v) is 7.71. The highest BCUT2D eigenvalue weighted by molar-refractivity contribution is 7.90. The van der Waals surface area contributed by atoms with Crippen LogP contribution in [0.25, 0.3) is 0 Å². The van der Waals surface area contributed by atoms with Gasteiger partial charge in [-0.05, 0) is 54.6 Å². The van der Waals surface area contributed by atoms with Crippen molar-refractivity contribution in [1.29, 1.82) is 0 Å². The van der Waals surface area contributed by atoms with Gasteiger partial charge in [-0.1, -0.05) is 17.7 Å². The quantitative estimate of drug-likeness (QED) is 0.654. The molecule has 0 spiro atoms. The van der Waals surface area contributed by atoms with Crippen molar-refractivity contribution in [3.63, 3.8) is 0 Å². The molecule has 5 nitrogen and oxygen atoms in total. The number of halogens is 3. The van der Waals surface area contributed by atoms with E-state index in [1.165, 1.54) is 42.5 Å². The van der Waals surface area contributed by atoms with E-state index >= 15 is 0 Å². The SMILES string of the molecule is O=C(NS(=O)(=O)c1ccc(Cl)cc1)c1cc(F)ccc1Oc1cccc(F)c1. The van der Waals surface area contributed by atoms with E-state index in [1.54, 1.807) is 0 Å². The predicted octanol–water partition coefficient (Wildman–Crippen LogP) is 4.53. The topological polar surface area (TPSA) is 72.5 Å². The average molecular weight is 424 g/mol. The van der Waals surface area contributed by atoms with Crippen LogP contribution in [-0.4, -0.2) is 14.3 Å². The maximum Gasteiger partial charge on any atom is 0.268 e. The Bertz CT molecular complexity index is 1130. The number of carbonyl (C=O) groups is 1. The lowest BCUT2D eigenvalue weighted by Gasteiger charge is -2.12. The molecule has 0 saturated heterocycles. The smallest absolute Gasteiger partial charge is 0.268 e. The van der Waals surface area contributed by atoms with Gasteiger partial charge in [0, 0.05) is 11.1 Å². The van der Waals surface area contributed by atoms with E-state index in [2.05, 4.69) is 0 Å². The second-order valence-electron chi connectivity index (χ2n) is 5.59. The summed E-state index contributed by atoms with van der Waals surface area (Å²) >= 11 is 5.72. The number of sulfonamides is 1. The summed E-state index contributed by atoms with van der Waals surface area (Å²) in [6, 6.07) is 13.2. The molecule has 9 heteroatoms. The molecular formula is C19H12ClF2NO4S. The van der Waals surface area contributed by atoms with Crippen LogP contribution in [0.1, 0.15) is 10.4 Å². The number of hydrogen-bond acceptors (Lipinski definition) is 4. The van der Waals surface area contributed by atoms with Crippen LogP contribution in [0.2, 0.25) is 5.02 Å². The summed E-state index contributed by atoms with van der Waals surface area (Å²) in [4.78, 5) is 12.3. The first-order valence-corrected chi connectivity index (χ1v) is 9.66. The Morgan fingerprint density at radius 2 is 1.61 bits per heavy atom. The van der Waals surface area contributed by atoms with Crippen molar-refractivity contribution in [1.82, 2.24) is 4.72 Å². The molecule has 144 valence electrons. The van der Waals surface area contributed by atoms with E-state index in [0.29, 0.717) is 5.02 Å². The number of nitrogens with one attached hydrogen (secondary N) is 1. The summed E-state index contributed by atoms with van der Waals surface area (Å²) in [7, 11) is -4.23. The lowest BCUT2D eigenvalue weighted by molar-refractivity contribution is 0.0978. The Morgan fingerprint density at radius 3 is 2.29 bits per heavy atom. The Balaban J connectivity index is 1.90. The third kappa shape index (κ3) is 4.65. The van der Waals surface area contributed by atoms with E-state index in [4.69, 9.17) is 16.3 Å². The van der Waals surface area contributed by atoms with Gasteiger partial charge in [0.05, 0.1) is 10.5 Å². The van der Waals surface area contributed by atoms with Crippen LogP contribution < -0.4 is 9.46 Å². The van der Waals surface area contributed by atoms with Gasteiger partial charge in [0.25, 0.3) is 15.9 Å². The van der Waals surface area contributed by atoms with Crippen molar-refractivity contribution in [3.05, 3.63) is 89.0 Å². The molecule has 0 aliphatic carbocycles. The molecule has 1 N–H and O–H groups in total. The summed E-state index contributed by atoms with van der Waals surface area (Å²) < 4.78 is 59.0. The summed E-state index contributed by atoms with van der Waals surface area (Å²) in [5.74, 6) is -2.55. The second kappa shape index (κ2) is 7.95. The normalized spacial score (nSPS) is 11.1. The third-order valence-electron chi connectivity index (χ3n) is 3.56. The molecule has 0 aliphatic rings. The molecule has 0 unspecified atom stereocenters. The molecular weight excluding hydrogens is 412 g/mol. The lowest BCUT2D eigenvalue weighted by Crippen LogP contribution is -2.30. The van der Waals surface area contributed by atoms with Gasteiger partial charge in [-0.3, -0.25) is 4.79 Å². The Hall–Kier alpha value is -2.97. The van der Waals surface area contributed by atoms with Gasteiger partial charge in [0.2, 0.25) is 0 Å². The molecule has 0 saturated carbocycles. The first-order chi connectivity index (χ1) is 13.2. The maximum absolute atomic E-state index is 13.7. The predicted molar refractivity (Wildman–Crippen MR) is 99.0 cm³/mol. The minimum absolute atomic E-state index is 0.0567. The fraction of sp³-hybridized carbons (Fsp3) is 0. The molecule has 28 heavy (non-hydrogen) atoms. The van der Waals surface area contributed by atoms with Gasteiger partial charge >= 0.3 is 0 Å². The van der Waals surface area contributed by atoms with Crippen LogP contribution in [0, 0.1) is 11.6 Å². The number of benzene rings is 3. The van der Waals surface area contributed by atoms with E-state index in [1.807, 2.05) is 4.72 Å². The van der Waals surface area contributed by atoms with Gasteiger partial charge in [0.15, 0.2) is 0 Å². The number of hydrogen-bond donors (Lipinski definition) is 1. The molecule has 0 atom stereocenters. The van der Waals surface area contributed by atoms with Crippen molar-refractivity contribution in [2.75, 3.05) is 0 Å². The molecule has 3 rings (SSSR count). The highest BCUT2D eigenvalue weighted by Crippen LogP contribution is 2.27. The van der Waals surface area contributed by atoms with Crippen LogP contribution in [0.4, 0.5) is 8.78 Å². The molecule has 0 radical (unpaired) electrons. The zero-order valence-electron chi connectivity index (χ0n) is 14.0. The molecule has 3 aromatic carbocycles. The minimum atomic E-state index is -4.23. The summed E-state index contributed by atoms with van der Waals surface area (Å²) in [5.41, 5.74) is -0.373. The van der Waals surface area contributed by atoms with Gasteiger partial charge < -0.3 is 4.74 Å². The summed E-state index contributed by atoms with van der Waals surface area (Å²) in [6.07, 6.45) is 0. The summed E-state index contributed by atoms with van der Waals surface area (Å²) in [5, 5.41) is 0.321. The molecule has 3 aromatic rings. The fourth-order valence-electron chi connectivity index (χ4n) is 2.28. The molecule has 0 aliphatic heterocycles. The largest absolute Gasteiger partial charge is 0.456 e. The van der Waals surface area contributed by atoms with Gasteiger partial charge in [-0.25, -0.2) is 21.9 Å². The molecule has 0 heterocycles. The fourth-order valence-corrected chi connectivity index (χ4v) is 3.37. The average Bonchev–Trinajstić information content (AvgIpc) is 2.63. The van der Waals surface area contributed by atoms with E-state index in [9.17, 15) is 22.0 Å². The maximum atomic E-state index is 13.7. The third-order valence-corrected chi connectivity index (χ3v) is 5.16. The Morgan fingerprint density at radius 1 is 0.929 bits per heavy atom. The Kier molecular flexibility index (Phi) is 5.62. The van der Waals surface area contributed by atoms with Crippen molar-refractivity contribution in [2.24, 2.45) is 0 Å². The Labute approximate surface area is 164 Å². The van der Waals surface area contributed by atoms with Crippen LogP contribution in [0.5, 0.6) is 11.5 Å². The van der Waals surface area contributed by atoms with Crippen molar-refractivity contribution >= 4 is 27.5 Å². The van der Waals surface area contributed by atoms with Crippen LogP contribution in [-0.2, 0) is 10.0 Å². The van der Waals surface area contributed by atoms with E-state index in [0.717, 1.165) is 24.3 Å². The number of amides is 1. The van der Waals surface area contributed by atoms with Gasteiger partial charge in [0.1, 0.15) is 23.1 Å². The number of ether oxygens (including phenoxy) is 1. The highest BCUT2D eigenvalue weighted by atomic mass is 35.5. The minimum Gasteiger partial charge on any atom is -0.456 e. The monoisotopic (exact) mass is 423 g/mol. The van der Waals surface area contributed by atoms with Crippen LogP contribution in [0.15, 0.2) is 71.6 Å². The first-order valence-electron chi connectivity index (χ1n) is 7.80. The standard InChI is InChI=1S/C19H12ClF2NO4S/c20-12-4-7-16(8-5-12)28(25,26)23-19(24)17-11-14(22)6-9-18(17)27-15-3-1-2-13(21)10-15/h1-11H,(H,23,24). The zero-order valence-corrected chi connectivity index (χ0v) is 15.6. The van der Waals surface area contributed by atoms with E-state index in [-0.39, 0.29) is 22.0 Å². The summed E-state index contributed by atoms with van der Waals surface area (Å²) in [6.45, 7) is 0. The van der Waals surface area contributed by atoms with Gasteiger partial charge in [-0.2, -0.15) is 0 Å². The molecule has 0 aromatic heterocycles. The van der Waals surface area contributed by atoms with Gasteiger partial charge in [-0.15, -0.1) is 0 Å². The van der Waals surface area contributed by atoms with Crippen LogP contribution in [0.3, 0.4) is 0 Å². The highest BCUT2D eigenvalue weighted by Gasteiger charge is 2.22. The molecule has 0 bridgehead atoms. The molecule has 0 fully saturated rings. The number of rotatable bonds is 5. The molecule has 1 amide bonds. The first kappa shape index (κ1) is 19.8. The van der Waals surface area contributed by atoms with Crippen molar-refractivity contribution in [3.8, 4) is 11.5 Å². The van der Waals surface area contributed by atoms with Crippen molar-refractivity contribution < 1.29 is 26.7 Å². The number of carbonyl (C=O) groups excluding carboxylic acids is 1.